The average Bonchev–Trinajstić information content (AvgIpc) is 2.67. The van der Waals surface area contributed by atoms with Crippen molar-refractivity contribution >= 4 is 11.8 Å². The Bertz CT molecular complexity index is 577. The van der Waals surface area contributed by atoms with Crippen molar-refractivity contribution in [2.75, 3.05) is 32.6 Å². The standard InChI is InChI=1S/C15H21N3O3/c1-15-12(7-8-17(3)21-15)11-6-5-10(20-14(19)16-2)9-13(11)18(15)4/h5-6,9,12H,7-8H2,1-4H3,(H,16,19)/t12-,15-/m0/s1. The van der Waals surface area contributed by atoms with Crippen molar-refractivity contribution in [2.24, 2.45) is 0 Å². The fraction of sp³-hybridized carbons (Fsp3) is 0.533. The summed E-state index contributed by atoms with van der Waals surface area (Å²) in [5.74, 6) is 0.860. The van der Waals surface area contributed by atoms with Gasteiger partial charge in [0.15, 0.2) is 5.72 Å². The third-order valence-electron chi connectivity index (χ3n) is 4.54. The molecule has 6 heteroatoms. The fourth-order valence-corrected chi connectivity index (χ4v) is 3.31. The lowest BCUT2D eigenvalue weighted by Crippen LogP contribution is -2.53. The smallest absolute Gasteiger partial charge is 0.410 e. The molecular formula is C15H21N3O3. The molecule has 0 radical (unpaired) electrons. The number of nitrogens with one attached hydrogen (secondary N) is 1. The number of fused-ring (bicyclic) bond motifs is 3. The van der Waals surface area contributed by atoms with Gasteiger partial charge in [-0.3, -0.25) is 4.84 Å². The fourth-order valence-electron chi connectivity index (χ4n) is 3.31. The monoisotopic (exact) mass is 291 g/mol. The summed E-state index contributed by atoms with van der Waals surface area (Å²) in [4.78, 5) is 19.5. The van der Waals surface area contributed by atoms with Crippen LogP contribution in [0, 0.1) is 0 Å². The Morgan fingerprint density at radius 3 is 2.95 bits per heavy atom. The van der Waals surface area contributed by atoms with Gasteiger partial charge in [0.05, 0.1) is 0 Å². The number of anilines is 1. The molecule has 2 aliphatic heterocycles. The number of rotatable bonds is 1. The van der Waals surface area contributed by atoms with Gasteiger partial charge in [-0.25, -0.2) is 4.79 Å². The highest BCUT2D eigenvalue weighted by molar-refractivity contribution is 5.72. The molecule has 0 saturated carbocycles. The van der Waals surface area contributed by atoms with Crippen LogP contribution in [0.4, 0.5) is 10.5 Å². The number of hydrogen-bond donors (Lipinski definition) is 1. The van der Waals surface area contributed by atoms with Crippen molar-refractivity contribution in [3.8, 4) is 5.75 Å². The topological polar surface area (TPSA) is 54.0 Å². The van der Waals surface area contributed by atoms with Gasteiger partial charge in [0.2, 0.25) is 0 Å². The van der Waals surface area contributed by atoms with Crippen molar-refractivity contribution < 1.29 is 14.4 Å². The predicted molar refractivity (Wildman–Crippen MR) is 79.4 cm³/mol. The van der Waals surface area contributed by atoms with Crippen molar-refractivity contribution in [3.05, 3.63) is 23.8 Å². The van der Waals surface area contributed by atoms with Crippen LogP contribution in [0.15, 0.2) is 18.2 Å². The molecule has 2 aliphatic rings. The van der Waals surface area contributed by atoms with Gasteiger partial charge in [-0.15, -0.1) is 0 Å². The van der Waals surface area contributed by atoms with Crippen LogP contribution in [0.5, 0.6) is 5.75 Å². The Morgan fingerprint density at radius 1 is 1.48 bits per heavy atom. The van der Waals surface area contributed by atoms with E-state index < -0.39 is 6.09 Å². The first kappa shape index (κ1) is 14.2. The van der Waals surface area contributed by atoms with Crippen molar-refractivity contribution in [1.82, 2.24) is 10.4 Å². The zero-order chi connectivity index (χ0) is 15.2. The van der Waals surface area contributed by atoms with Crippen LogP contribution in [-0.4, -0.2) is 44.6 Å². The molecule has 0 unspecified atom stereocenters. The maximum Gasteiger partial charge on any atom is 0.412 e. The van der Waals surface area contributed by atoms with Crippen molar-refractivity contribution in [1.29, 1.82) is 0 Å². The summed E-state index contributed by atoms with van der Waals surface area (Å²) >= 11 is 0. The third-order valence-corrected chi connectivity index (χ3v) is 4.54. The molecule has 6 nitrogen and oxygen atoms in total. The molecule has 2 atom stereocenters. The number of amides is 1. The van der Waals surface area contributed by atoms with E-state index >= 15 is 0 Å². The van der Waals surface area contributed by atoms with E-state index in [0.29, 0.717) is 11.7 Å². The number of carbonyl (C=O) groups excluding carboxylic acids is 1. The molecule has 0 bridgehead atoms. The molecule has 1 amide bonds. The average molecular weight is 291 g/mol. The SMILES string of the molecule is CNC(=O)Oc1ccc2c(c1)N(C)[C@@]1(C)ON(C)CC[C@@H]21. The number of hydroxylamine groups is 2. The van der Waals surface area contributed by atoms with E-state index in [2.05, 4.69) is 17.1 Å². The van der Waals surface area contributed by atoms with E-state index in [0.717, 1.165) is 18.7 Å². The lowest BCUT2D eigenvalue weighted by molar-refractivity contribution is -0.256. The van der Waals surface area contributed by atoms with E-state index in [9.17, 15) is 4.79 Å². The second-order valence-corrected chi connectivity index (χ2v) is 5.76. The molecule has 2 heterocycles. The minimum atomic E-state index is -0.463. The molecule has 0 aromatic heterocycles. The largest absolute Gasteiger partial charge is 0.412 e. The van der Waals surface area contributed by atoms with Gasteiger partial charge in [-0.2, -0.15) is 5.06 Å². The second-order valence-electron chi connectivity index (χ2n) is 5.76. The highest BCUT2D eigenvalue weighted by Gasteiger charge is 2.51. The maximum atomic E-state index is 11.3. The van der Waals surface area contributed by atoms with Crippen molar-refractivity contribution in [2.45, 2.75) is 25.0 Å². The Morgan fingerprint density at radius 2 is 2.24 bits per heavy atom. The first-order valence-electron chi connectivity index (χ1n) is 7.13. The van der Waals surface area contributed by atoms with Crippen LogP contribution in [0.1, 0.15) is 24.8 Å². The van der Waals surface area contributed by atoms with Crippen LogP contribution in [0.25, 0.3) is 0 Å². The van der Waals surface area contributed by atoms with E-state index in [1.165, 1.54) is 5.56 Å². The molecule has 1 aromatic rings. The van der Waals surface area contributed by atoms with E-state index in [-0.39, 0.29) is 5.72 Å². The Labute approximate surface area is 124 Å². The number of carbonyl (C=O) groups is 1. The number of nitrogens with zero attached hydrogens (tertiary/aromatic N) is 2. The quantitative estimate of drug-likeness (QED) is 0.856. The Balaban J connectivity index is 1.95. The zero-order valence-corrected chi connectivity index (χ0v) is 12.8. The lowest BCUT2D eigenvalue weighted by Gasteiger charge is -2.44. The maximum absolute atomic E-state index is 11.3. The van der Waals surface area contributed by atoms with E-state index in [1.54, 1.807) is 7.05 Å². The predicted octanol–water partition coefficient (Wildman–Crippen LogP) is 1.92. The molecule has 114 valence electrons. The van der Waals surface area contributed by atoms with Gasteiger partial charge in [0.1, 0.15) is 5.75 Å². The second kappa shape index (κ2) is 4.89. The highest BCUT2D eigenvalue weighted by Crippen LogP contribution is 2.51. The molecule has 0 spiro atoms. The molecule has 21 heavy (non-hydrogen) atoms. The molecule has 1 N–H and O–H groups in total. The van der Waals surface area contributed by atoms with Gasteiger partial charge in [-0.1, -0.05) is 6.07 Å². The lowest BCUT2D eigenvalue weighted by atomic mass is 9.89. The minimum Gasteiger partial charge on any atom is -0.410 e. The first-order valence-corrected chi connectivity index (χ1v) is 7.13. The van der Waals surface area contributed by atoms with Gasteiger partial charge in [0.25, 0.3) is 0 Å². The Kier molecular flexibility index (Phi) is 3.30. The highest BCUT2D eigenvalue weighted by atomic mass is 16.7. The van der Waals surface area contributed by atoms with Gasteiger partial charge in [0, 0.05) is 45.4 Å². The summed E-state index contributed by atoms with van der Waals surface area (Å²) in [5, 5.41) is 4.34. The van der Waals surface area contributed by atoms with Crippen LogP contribution in [-0.2, 0) is 4.84 Å². The summed E-state index contributed by atoms with van der Waals surface area (Å²) in [5.41, 5.74) is 1.91. The summed E-state index contributed by atoms with van der Waals surface area (Å²) < 4.78 is 5.22. The number of hydrogen-bond acceptors (Lipinski definition) is 5. The summed E-state index contributed by atoms with van der Waals surface area (Å²) in [6.45, 7) is 3.01. The van der Waals surface area contributed by atoms with Crippen molar-refractivity contribution in [3.63, 3.8) is 0 Å². The van der Waals surface area contributed by atoms with Gasteiger partial charge >= 0.3 is 6.09 Å². The molecular weight excluding hydrogens is 270 g/mol. The van der Waals surface area contributed by atoms with Crippen LogP contribution >= 0.6 is 0 Å². The first-order chi connectivity index (χ1) is 9.95. The minimum absolute atomic E-state index is 0.322. The van der Waals surface area contributed by atoms with Crippen LogP contribution < -0.4 is 15.0 Å². The summed E-state index contributed by atoms with van der Waals surface area (Å²) in [7, 11) is 5.52. The molecule has 3 rings (SSSR count). The van der Waals surface area contributed by atoms with Crippen LogP contribution in [0.3, 0.4) is 0 Å². The molecule has 0 aliphatic carbocycles. The third kappa shape index (κ3) is 2.15. The zero-order valence-electron chi connectivity index (χ0n) is 12.8. The molecule has 1 fully saturated rings. The number of benzene rings is 1. The number of likely N-dealkylation sites (N-methyl/N-ethyl adjacent to an activating group) is 1. The summed E-state index contributed by atoms with van der Waals surface area (Å²) in [6, 6.07) is 5.78. The van der Waals surface area contributed by atoms with Gasteiger partial charge < -0.3 is 15.0 Å². The van der Waals surface area contributed by atoms with E-state index in [1.807, 2.05) is 37.4 Å². The summed E-state index contributed by atoms with van der Waals surface area (Å²) in [6.07, 6.45) is 0.579. The van der Waals surface area contributed by atoms with Gasteiger partial charge in [-0.05, 0) is 25.0 Å². The number of ether oxygens (including phenoxy) is 1. The molecule has 1 saturated heterocycles. The van der Waals surface area contributed by atoms with E-state index in [4.69, 9.17) is 9.57 Å². The Hall–Kier alpha value is -1.79. The normalized spacial score (nSPS) is 28.0. The van der Waals surface area contributed by atoms with Crippen LogP contribution in [0.2, 0.25) is 0 Å². The molecule has 1 aromatic carbocycles.